The molecular weight excluding hydrogens is 813 g/mol. The van der Waals surface area contributed by atoms with Gasteiger partial charge in [-0.2, -0.15) is 0 Å². The summed E-state index contributed by atoms with van der Waals surface area (Å²) in [5, 5.41) is 8.42. The van der Waals surface area contributed by atoms with E-state index in [4.69, 9.17) is 9.97 Å². The third kappa shape index (κ3) is 5.60. The summed E-state index contributed by atoms with van der Waals surface area (Å²) in [5.41, 5.74) is 18.3. The Morgan fingerprint density at radius 3 is 1.70 bits per heavy atom. The molecule has 0 radical (unpaired) electrons. The molecule has 3 heterocycles. The average molecular weight is 855 g/mol. The third-order valence-electron chi connectivity index (χ3n) is 14.5. The molecule has 0 amide bonds. The average Bonchev–Trinajstić information content (AvgIpc) is 3.97. The largest absolute Gasteiger partial charge is 0.309 e. The van der Waals surface area contributed by atoms with Gasteiger partial charge in [-0.25, -0.2) is 9.97 Å². The van der Waals surface area contributed by atoms with Crippen LogP contribution in [-0.2, 0) is 5.41 Å². The maximum atomic E-state index is 5.55. The molecule has 14 rings (SSSR count). The molecule has 0 unspecified atom stereocenters. The predicted molar refractivity (Wildman–Crippen MR) is 280 cm³/mol. The first-order valence-electron chi connectivity index (χ1n) is 23.2. The molecule has 10 aromatic carbocycles. The van der Waals surface area contributed by atoms with Gasteiger partial charge in [-0.15, -0.1) is 0 Å². The number of aromatic nitrogens is 4. The van der Waals surface area contributed by atoms with Gasteiger partial charge in [0.1, 0.15) is 0 Å². The molecule has 0 atom stereocenters. The van der Waals surface area contributed by atoms with Gasteiger partial charge >= 0.3 is 0 Å². The second-order valence-corrected chi connectivity index (χ2v) is 18.6. The van der Waals surface area contributed by atoms with Gasteiger partial charge in [0.05, 0.1) is 33.3 Å². The molecule has 1 aliphatic rings. The van der Waals surface area contributed by atoms with Crippen LogP contribution in [0.5, 0.6) is 0 Å². The van der Waals surface area contributed by atoms with E-state index in [9.17, 15) is 0 Å². The van der Waals surface area contributed by atoms with E-state index in [-0.39, 0.29) is 5.41 Å². The fraction of sp³-hybridized carbons (Fsp3) is 0.0476. The number of rotatable bonds is 5. The predicted octanol–water partition coefficient (Wildman–Crippen LogP) is 16.3. The zero-order chi connectivity index (χ0) is 44.4. The SMILES string of the molecule is CC1(C)c2cc3c(cc2-c2ccc4ccccc4c21)c1cc(-c2ccc4c(c2)c2ccccc2n4-c2ccccc2)ccc1n3-c1nc(-c2ccc(-c3ccccc3)cc2)c2ccccc2n1. The van der Waals surface area contributed by atoms with Crippen molar-refractivity contribution in [3.8, 4) is 56.3 Å². The maximum Gasteiger partial charge on any atom is 0.235 e. The minimum Gasteiger partial charge on any atom is -0.309 e. The second-order valence-electron chi connectivity index (χ2n) is 18.6. The number of para-hydroxylation sites is 3. The molecular formula is C63H42N4. The lowest BCUT2D eigenvalue weighted by Gasteiger charge is -2.23. The minimum atomic E-state index is -0.240. The highest BCUT2D eigenvalue weighted by Crippen LogP contribution is 2.53. The first-order chi connectivity index (χ1) is 33.0. The lowest BCUT2D eigenvalue weighted by atomic mass is 9.80. The van der Waals surface area contributed by atoms with Crippen molar-refractivity contribution in [2.24, 2.45) is 0 Å². The molecule has 0 aliphatic heterocycles. The van der Waals surface area contributed by atoms with E-state index in [1.165, 1.54) is 82.3 Å². The van der Waals surface area contributed by atoms with Crippen LogP contribution in [0.3, 0.4) is 0 Å². The number of hydrogen-bond acceptors (Lipinski definition) is 2. The minimum absolute atomic E-state index is 0.240. The molecule has 0 N–H and O–H groups in total. The highest BCUT2D eigenvalue weighted by molar-refractivity contribution is 6.14. The number of benzene rings is 10. The van der Waals surface area contributed by atoms with Crippen molar-refractivity contribution >= 4 is 65.3 Å². The lowest BCUT2D eigenvalue weighted by Crippen LogP contribution is -2.15. The summed E-state index contributed by atoms with van der Waals surface area (Å²) in [7, 11) is 0. The van der Waals surface area contributed by atoms with E-state index in [1.54, 1.807) is 0 Å². The van der Waals surface area contributed by atoms with E-state index in [0.717, 1.165) is 44.4 Å². The maximum absolute atomic E-state index is 5.55. The standard InChI is InChI=1S/C63H42N4/c1-63(2)54-38-59-53(37-50(54)48-32-29-41-17-9-10-20-46(41)60(48)63)52-36-44(43-30-33-57-51(35-43)47-21-12-14-24-56(47)66(57)45-18-7-4-8-19-45)31-34-58(52)67(59)62-64-55-23-13-11-22-49(55)61(65-62)42-27-25-40(26-28-42)39-15-5-3-6-16-39/h3-38H,1-2H3. The summed E-state index contributed by atoms with van der Waals surface area (Å²) in [6, 6.07) is 79.4. The Morgan fingerprint density at radius 1 is 0.358 bits per heavy atom. The van der Waals surface area contributed by atoms with Crippen LogP contribution >= 0.6 is 0 Å². The van der Waals surface area contributed by atoms with Gasteiger partial charge in [-0.3, -0.25) is 4.57 Å². The van der Waals surface area contributed by atoms with Gasteiger partial charge in [0.25, 0.3) is 0 Å². The quantitative estimate of drug-likeness (QED) is 0.173. The van der Waals surface area contributed by atoms with Crippen LogP contribution in [-0.4, -0.2) is 19.1 Å². The van der Waals surface area contributed by atoms with Crippen LogP contribution in [0, 0.1) is 0 Å². The Labute approximate surface area is 387 Å². The first-order valence-corrected chi connectivity index (χ1v) is 23.2. The smallest absolute Gasteiger partial charge is 0.235 e. The van der Waals surface area contributed by atoms with Gasteiger partial charge in [-0.1, -0.05) is 172 Å². The normalized spacial score (nSPS) is 13.0. The third-order valence-corrected chi connectivity index (χ3v) is 14.5. The zero-order valence-corrected chi connectivity index (χ0v) is 37.1. The Balaban J connectivity index is 1.01. The van der Waals surface area contributed by atoms with E-state index in [2.05, 4.69) is 241 Å². The van der Waals surface area contributed by atoms with Crippen molar-refractivity contribution in [1.29, 1.82) is 0 Å². The summed E-state index contributed by atoms with van der Waals surface area (Å²) < 4.78 is 4.70. The van der Waals surface area contributed by atoms with Gasteiger partial charge in [0.15, 0.2) is 0 Å². The topological polar surface area (TPSA) is 35.6 Å². The fourth-order valence-corrected chi connectivity index (χ4v) is 11.3. The van der Waals surface area contributed by atoms with Crippen LogP contribution in [0.1, 0.15) is 25.0 Å². The summed E-state index contributed by atoms with van der Waals surface area (Å²) in [5.74, 6) is 0.655. The second kappa shape index (κ2) is 14.2. The van der Waals surface area contributed by atoms with Crippen LogP contribution in [0.4, 0.5) is 0 Å². The molecule has 13 aromatic rings. The van der Waals surface area contributed by atoms with Crippen molar-refractivity contribution in [1.82, 2.24) is 19.1 Å². The van der Waals surface area contributed by atoms with E-state index >= 15 is 0 Å². The van der Waals surface area contributed by atoms with Crippen molar-refractivity contribution in [2.75, 3.05) is 0 Å². The Kier molecular flexibility index (Phi) is 8.00. The van der Waals surface area contributed by atoms with Crippen LogP contribution in [0.2, 0.25) is 0 Å². The number of hydrogen-bond donors (Lipinski definition) is 0. The summed E-state index contributed by atoms with van der Waals surface area (Å²) in [6.45, 7) is 4.77. The molecule has 4 heteroatoms. The van der Waals surface area contributed by atoms with Crippen LogP contribution in [0.15, 0.2) is 218 Å². The molecule has 0 saturated carbocycles. The summed E-state index contributed by atoms with van der Waals surface area (Å²) in [4.78, 5) is 10.9. The Bertz CT molecular complexity index is 4160. The van der Waals surface area contributed by atoms with Crippen molar-refractivity contribution in [3.05, 3.63) is 230 Å². The van der Waals surface area contributed by atoms with Crippen molar-refractivity contribution in [2.45, 2.75) is 19.3 Å². The summed E-state index contributed by atoms with van der Waals surface area (Å²) in [6.07, 6.45) is 0. The van der Waals surface area contributed by atoms with Gasteiger partial charge in [0, 0.05) is 43.6 Å². The summed E-state index contributed by atoms with van der Waals surface area (Å²) >= 11 is 0. The van der Waals surface area contributed by atoms with Crippen LogP contribution in [0.25, 0.3) is 122 Å². The fourth-order valence-electron chi connectivity index (χ4n) is 11.3. The number of nitrogens with zero attached hydrogens (tertiary/aromatic N) is 4. The Hall–Kier alpha value is -8.60. The molecule has 0 saturated heterocycles. The van der Waals surface area contributed by atoms with Gasteiger partial charge in [-0.05, 0) is 116 Å². The molecule has 0 fully saturated rings. The highest BCUT2D eigenvalue weighted by atomic mass is 15.2. The van der Waals surface area contributed by atoms with Crippen molar-refractivity contribution < 1.29 is 0 Å². The van der Waals surface area contributed by atoms with Crippen molar-refractivity contribution in [3.63, 3.8) is 0 Å². The molecule has 3 aromatic heterocycles. The van der Waals surface area contributed by atoms with E-state index in [0.29, 0.717) is 5.95 Å². The highest BCUT2D eigenvalue weighted by Gasteiger charge is 2.38. The Morgan fingerprint density at radius 2 is 0.925 bits per heavy atom. The number of fused-ring (bicyclic) bond motifs is 12. The van der Waals surface area contributed by atoms with E-state index in [1.807, 2.05) is 0 Å². The molecule has 0 bridgehead atoms. The zero-order valence-electron chi connectivity index (χ0n) is 37.1. The molecule has 1 aliphatic carbocycles. The lowest BCUT2D eigenvalue weighted by molar-refractivity contribution is 0.667. The van der Waals surface area contributed by atoms with Crippen LogP contribution < -0.4 is 0 Å². The molecule has 67 heavy (non-hydrogen) atoms. The van der Waals surface area contributed by atoms with E-state index < -0.39 is 0 Å². The molecule has 314 valence electrons. The first kappa shape index (κ1) is 37.7. The van der Waals surface area contributed by atoms with Gasteiger partial charge in [0.2, 0.25) is 5.95 Å². The van der Waals surface area contributed by atoms with Gasteiger partial charge < -0.3 is 4.57 Å². The monoisotopic (exact) mass is 854 g/mol. The molecule has 4 nitrogen and oxygen atoms in total. The molecule has 0 spiro atoms.